The zero-order valence-corrected chi connectivity index (χ0v) is 8.40. The molecule has 9 heavy (non-hydrogen) atoms. The zero-order chi connectivity index (χ0) is 5.11. The summed E-state index contributed by atoms with van der Waals surface area (Å²) in [7, 11) is 0. The van der Waals surface area contributed by atoms with Crippen LogP contribution >= 0.6 is 15.9 Å². The van der Waals surface area contributed by atoms with Crippen LogP contribution < -0.4 is 12.4 Å². The Labute approximate surface area is 84.9 Å². The van der Waals surface area contributed by atoms with Gasteiger partial charge in [0.2, 0.25) is 0 Å². The predicted octanol–water partition coefficient (Wildman–Crippen LogP) is -1.73. The Morgan fingerprint density at radius 1 is 1.56 bits per heavy atom. The van der Waals surface area contributed by atoms with E-state index in [4.69, 9.17) is 0 Å². The molecule has 1 aromatic heterocycles. The fourth-order valence-electron chi connectivity index (χ4n) is 0.302. The predicted molar refractivity (Wildman–Crippen MR) is 36.5 cm³/mol. The molecule has 0 aliphatic heterocycles. The molecule has 0 saturated carbocycles. The summed E-state index contributed by atoms with van der Waals surface area (Å²) in [5, 5.41) is 0. The first kappa shape index (κ1) is 12.4. The molecule has 0 radical (unpaired) electrons. The summed E-state index contributed by atoms with van der Waals surface area (Å²) in [6.45, 7) is 0. The zero-order valence-electron chi connectivity index (χ0n) is 4.64. The second-order valence-electron chi connectivity index (χ2n) is 1.11. The minimum Gasteiger partial charge on any atom is -1.00 e. The van der Waals surface area contributed by atoms with Gasteiger partial charge >= 0.3 is 23.1 Å². The van der Waals surface area contributed by atoms with Crippen LogP contribution in [0.4, 0.5) is 0 Å². The van der Waals surface area contributed by atoms with E-state index in [2.05, 4.69) is 27.1 Å². The third-order valence-electron chi connectivity index (χ3n) is 0.580. The van der Waals surface area contributed by atoms with Gasteiger partial charge in [-0.2, -0.15) is 12.1 Å². The molecular weight excluding hydrogens is 214 g/mol. The molecule has 1 aromatic rings. The van der Waals surface area contributed by atoms with E-state index in [0.29, 0.717) is 0 Å². The number of pyridine rings is 1. The van der Waals surface area contributed by atoms with Crippen molar-refractivity contribution in [1.29, 1.82) is 0 Å². The van der Waals surface area contributed by atoms with E-state index >= 15 is 0 Å². The van der Waals surface area contributed by atoms with Gasteiger partial charge in [0.25, 0.3) is 0 Å². The molecule has 0 aromatic carbocycles. The first-order valence-electron chi connectivity index (χ1n) is 1.87. The van der Waals surface area contributed by atoms with Crippen LogP contribution in [0.5, 0.6) is 0 Å². The van der Waals surface area contributed by atoms with Gasteiger partial charge < -0.3 is 17.4 Å². The maximum Gasteiger partial charge on any atom is 2.00 e. The molecule has 44 valence electrons. The molecule has 0 atom stereocenters. The monoisotopic (exact) mass is 215 g/mol. The van der Waals surface area contributed by atoms with E-state index in [1.165, 1.54) is 0 Å². The quantitative estimate of drug-likeness (QED) is 0.371. The van der Waals surface area contributed by atoms with E-state index < -0.39 is 0 Å². The molecule has 1 rings (SSSR count). The van der Waals surface area contributed by atoms with Crippen molar-refractivity contribution >= 4 is 39.0 Å². The van der Waals surface area contributed by atoms with E-state index in [1.54, 1.807) is 12.3 Å². The molecule has 4 heteroatoms. The smallest absolute Gasteiger partial charge is 1.00 e. The van der Waals surface area contributed by atoms with Crippen LogP contribution in [-0.2, 0) is 0 Å². The van der Waals surface area contributed by atoms with Crippen LogP contribution in [0.1, 0.15) is 0 Å². The maximum absolute atomic E-state index is 3.71. The molecule has 0 saturated heterocycles. The van der Waals surface area contributed by atoms with Gasteiger partial charge in [0.05, 0.1) is 0 Å². The number of halogens is 2. The Bertz CT molecular complexity index is 147. The topological polar surface area (TPSA) is 12.9 Å². The van der Waals surface area contributed by atoms with Crippen LogP contribution in [0.3, 0.4) is 0 Å². The first-order valence-corrected chi connectivity index (χ1v) is 2.66. The fourth-order valence-corrected chi connectivity index (χ4v) is 0.536. The van der Waals surface area contributed by atoms with Crippen LogP contribution in [0.2, 0.25) is 0 Å². The minimum atomic E-state index is 0. The Hall–Kier alpha value is 0.686. The second kappa shape index (κ2) is 6.80. The largest absolute Gasteiger partial charge is 2.00 e. The van der Waals surface area contributed by atoms with Gasteiger partial charge in [-0.3, -0.25) is 0 Å². The Morgan fingerprint density at radius 2 is 2.22 bits per heavy atom. The molecule has 0 aliphatic carbocycles. The molecule has 0 bridgehead atoms. The standard InChI is InChI=1S/C5H3BrN.ClH.Mg/c6-5-2-1-3-7-4-5;;/h1-2,4H;1H;/q-1;;+2/p-1. The third-order valence-corrected chi connectivity index (χ3v) is 1.05. The number of nitrogens with zero attached hydrogens (tertiary/aromatic N) is 1. The van der Waals surface area contributed by atoms with Gasteiger partial charge in [-0.25, -0.2) is 0 Å². The van der Waals surface area contributed by atoms with Crippen molar-refractivity contribution in [2.45, 2.75) is 0 Å². The molecule has 0 N–H and O–H groups in total. The van der Waals surface area contributed by atoms with Crippen LogP contribution in [0, 0.1) is 6.20 Å². The summed E-state index contributed by atoms with van der Waals surface area (Å²) in [6.07, 6.45) is 4.35. The molecule has 0 unspecified atom stereocenters. The summed E-state index contributed by atoms with van der Waals surface area (Å²) in [5.74, 6) is 0. The average molecular weight is 217 g/mol. The normalized spacial score (nSPS) is 6.78. The number of hydrogen-bond donors (Lipinski definition) is 0. The van der Waals surface area contributed by atoms with Crippen molar-refractivity contribution in [1.82, 2.24) is 4.98 Å². The van der Waals surface area contributed by atoms with Gasteiger partial charge in [-0.05, 0) is 0 Å². The fraction of sp³-hybridized carbons (Fsp3) is 0. The van der Waals surface area contributed by atoms with Gasteiger partial charge in [0.15, 0.2) is 0 Å². The van der Waals surface area contributed by atoms with Crippen molar-refractivity contribution in [2.75, 3.05) is 0 Å². The van der Waals surface area contributed by atoms with Crippen LogP contribution in [-0.4, -0.2) is 28.0 Å². The van der Waals surface area contributed by atoms with E-state index in [1.807, 2.05) is 6.07 Å². The Morgan fingerprint density at radius 3 is 2.44 bits per heavy atom. The van der Waals surface area contributed by atoms with E-state index in [9.17, 15) is 0 Å². The van der Waals surface area contributed by atoms with Crippen LogP contribution in [0.15, 0.2) is 22.8 Å². The number of rotatable bonds is 0. The maximum atomic E-state index is 3.71. The molecule has 1 nitrogen and oxygen atoms in total. The molecule has 1 heterocycles. The van der Waals surface area contributed by atoms with Crippen molar-refractivity contribution in [3.05, 3.63) is 29.0 Å². The van der Waals surface area contributed by atoms with Gasteiger partial charge in [-0.15, -0.1) is 0 Å². The van der Waals surface area contributed by atoms with Crippen molar-refractivity contribution in [2.24, 2.45) is 0 Å². The summed E-state index contributed by atoms with van der Waals surface area (Å²) in [4.78, 5) is 3.71. The number of aromatic nitrogens is 1. The van der Waals surface area contributed by atoms with Crippen LogP contribution in [0.25, 0.3) is 0 Å². The molecule has 0 spiro atoms. The summed E-state index contributed by atoms with van der Waals surface area (Å²) in [5.41, 5.74) is 0. The molecular formula is C5H3BrClMgN. The number of hydrogen-bond acceptors (Lipinski definition) is 1. The van der Waals surface area contributed by atoms with Crippen molar-refractivity contribution < 1.29 is 12.4 Å². The first-order chi connectivity index (χ1) is 3.39. The SMILES string of the molecule is Brc1cc[c-]nc1.[Cl-].[Mg+2]. The third kappa shape index (κ3) is 5.15. The summed E-state index contributed by atoms with van der Waals surface area (Å²) >= 11 is 3.23. The molecule has 0 amide bonds. The summed E-state index contributed by atoms with van der Waals surface area (Å²) in [6, 6.07) is 3.64. The van der Waals surface area contributed by atoms with E-state index in [-0.39, 0.29) is 35.5 Å². The average Bonchev–Trinajstić information content (AvgIpc) is 1.69. The second-order valence-corrected chi connectivity index (χ2v) is 2.02. The van der Waals surface area contributed by atoms with Gasteiger partial charge in [0.1, 0.15) is 0 Å². The van der Waals surface area contributed by atoms with Gasteiger partial charge in [-0.1, -0.05) is 32.8 Å². The Kier molecular flexibility index (Phi) is 9.35. The molecule has 0 aliphatic rings. The Balaban J connectivity index is 0. The minimum absolute atomic E-state index is 0. The van der Waals surface area contributed by atoms with Crippen molar-refractivity contribution in [3.8, 4) is 0 Å². The molecule has 0 fully saturated rings. The summed E-state index contributed by atoms with van der Waals surface area (Å²) < 4.78 is 0.992. The van der Waals surface area contributed by atoms with E-state index in [0.717, 1.165) is 4.47 Å². The van der Waals surface area contributed by atoms with Gasteiger partial charge in [0, 0.05) is 0 Å². The van der Waals surface area contributed by atoms with Crippen molar-refractivity contribution in [3.63, 3.8) is 0 Å².